The van der Waals surface area contributed by atoms with Gasteiger partial charge in [0.2, 0.25) is 5.91 Å². The molecule has 1 amide bonds. The predicted octanol–water partition coefficient (Wildman–Crippen LogP) is 7.73. The summed E-state index contributed by atoms with van der Waals surface area (Å²) < 4.78 is 0. The maximum atomic E-state index is 12.1. The second kappa shape index (κ2) is 20.2. The van der Waals surface area contributed by atoms with E-state index in [0.29, 0.717) is 24.1 Å². The number of carbonyl (C=O) groups is 2. The molecule has 1 rings (SSSR count). The second-order valence-corrected chi connectivity index (χ2v) is 7.73. The fourth-order valence-electron chi connectivity index (χ4n) is 3.03. The Morgan fingerprint density at radius 3 is 1.71 bits per heavy atom. The van der Waals surface area contributed by atoms with Crippen LogP contribution in [0.25, 0.3) is 0 Å². The van der Waals surface area contributed by atoms with Gasteiger partial charge in [-0.15, -0.1) is 0 Å². The lowest BCUT2D eigenvalue weighted by molar-refractivity contribution is -0.136. The molecule has 1 aromatic rings. The van der Waals surface area contributed by atoms with E-state index in [2.05, 4.69) is 79.1 Å². The van der Waals surface area contributed by atoms with Crippen molar-refractivity contribution >= 4 is 17.6 Å². The van der Waals surface area contributed by atoms with Crippen molar-refractivity contribution in [1.82, 2.24) is 0 Å². The molecule has 0 heterocycles. The van der Waals surface area contributed by atoms with Crippen molar-refractivity contribution in [3.8, 4) is 0 Å². The number of aliphatic carboxylic acids is 1. The SMILES string of the molecule is CC/C=C/C/C=C/C/C=C/C/C=C/C/C=C/C/C=C/CCC(=O)Nc1ccccc1CC(=O)O. The van der Waals surface area contributed by atoms with Crippen LogP contribution < -0.4 is 5.32 Å². The second-order valence-electron chi connectivity index (χ2n) is 7.73. The van der Waals surface area contributed by atoms with Crippen LogP contribution in [-0.2, 0) is 16.0 Å². The van der Waals surface area contributed by atoms with E-state index in [0.717, 1.165) is 38.5 Å². The van der Waals surface area contributed by atoms with Gasteiger partial charge in [0.25, 0.3) is 0 Å². The molecular weight excluding hydrogens is 422 g/mol. The van der Waals surface area contributed by atoms with Gasteiger partial charge in [-0.3, -0.25) is 9.59 Å². The van der Waals surface area contributed by atoms with Gasteiger partial charge >= 0.3 is 5.97 Å². The van der Waals surface area contributed by atoms with Crippen molar-refractivity contribution in [2.24, 2.45) is 0 Å². The molecule has 0 radical (unpaired) electrons. The monoisotopic (exact) mass is 461 g/mol. The van der Waals surface area contributed by atoms with Crippen LogP contribution in [0.5, 0.6) is 0 Å². The highest BCUT2D eigenvalue weighted by molar-refractivity contribution is 5.92. The van der Waals surface area contributed by atoms with Gasteiger partial charge in [-0.2, -0.15) is 0 Å². The summed E-state index contributed by atoms with van der Waals surface area (Å²) in [5, 5.41) is 11.8. The van der Waals surface area contributed by atoms with E-state index in [4.69, 9.17) is 5.11 Å². The van der Waals surface area contributed by atoms with Crippen LogP contribution in [0.3, 0.4) is 0 Å². The van der Waals surface area contributed by atoms with Crippen molar-refractivity contribution in [2.75, 3.05) is 5.32 Å². The minimum Gasteiger partial charge on any atom is -0.481 e. The molecule has 34 heavy (non-hydrogen) atoms. The molecule has 0 aliphatic heterocycles. The lowest BCUT2D eigenvalue weighted by Gasteiger charge is -2.09. The summed E-state index contributed by atoms with van der Waals surface area (Å²) in [7, 11) is 0. The predicted molar refractivity (Wildman–Crippen MR) is 144 cm³/mol. The Morgan fingerprint density at radius 1 is 0.735 bits per heavy atom. The summed E-state index contributed by atoms with van der Waals surface area (Å²) in [6, 6.07) is 7.00. The van der Waals surface area contributed by atoms with Gasteiger partial charge in [0.05, 0.1) is 6.42 Å². The van der Waals surface area contributed by atoms with Crippen LogP contribution >= 0.6 is 0 Å². The van der Waals surface area contributed by atoms with Gasteiger partial charge in [-0.05, 0) is 56.6 Å². The molecular formula is C30H39NO3. The Balaban J connectivity index is 2.11. The molecule has 0 fully saturated rings. The summed E-state index contributed by atoms with van der Waals surface area (Å²) in [4.78, 5) is 23.0. The minimum atomic E-state index is -0.917. The van der Waals surface area contributed by atoms with Crippen molar-refractivity contribution < 1.29 is 14.7 Å². The average molecular weight is 462 g/mol. The molecule has 182 valence electrons. The van der Waals surface area contributed by atoms with Gasteiger partial charge < -0.3 is 10.4 Å². The molecule has 1 aromatic carbocycles. The Labute approximate surface area is 205 Å². The minimum absolute atomic E-state index is 0.108. The molecule has 0 bridgehead atoms. The highest BCUT2D eigenvalue weighted by Crippen LogP contribution is 2.16. The number of anilines is 1. The standard InChI is InChI=1S/C30H39NO3/c1-2-3-4-5-6-7-8-9-10-11-12-13-14-15-16-17-18-19-20-25-29(32)31-28-24-22-21-23-27(28)26-30(33)34/h3-4,6-7,9-10,12-13,15-16,18-19,21-24H,2,5,8,11,14,17,20,25-26H2,1H3,(H,31,32)(H,33,34)/b4-3+,7-6+,10-9+,13-12+,16-15+,19-18+. The summed E-state index contributed by atoms with van der Waals surface area (Å²) in [5.41, 5.74) is 1.18. The largest absolute Gasteiger partial charge is 0.481 e. The molecule has 0 unspecified atom stereocenters. The number of amides is 1. The van der Waals surface area contributed by atoms with Crippen LogP contribution in [0.2, 0.25) is 0 Å². The highest BCUT2D eigenvalue weighted by atomic mass is 16.4. The van der Waals surface area contributed by atoms with E-state index in [1.54, 1.807) is 24.3 Å². The third-order valence-corrected chi connectivity index (χ3v) is 4.77. The molecule has 4 nitrogen and oxygen atoms in total. The number of rotatable bonds is 17. The first-order valence-electron chi connectivity index (χ1n) is 12.1. The van der Waals surface area contributed by atoms with Crippen LogP contribution in [0.15, 0.2) is 97.2 Å². The number of allylic oxidation sites excluding steroid dienone is 12. The van der Waals surface area contributed by atoms with E-state index in [9.17, 15) is 9.59 Å². The number of para-hydroxylation sites is 1. The maximum Gasteiger partial charge on any atom is 0.307 e. The zero-order valence-electron chi connectivity index (χ0n) is 20.4. The van der Waals surface area contributed by atoms with E-state index in [1.165, 1.54) is 0 Å². The number of carboxylic acids is 1. The molecule has 2 N–H and O–H groups in total. The van der Waals surface area contributed by atoms with Crippen LogP contribution in [-0.4, -0.2) is 17.0 Å². The topological polar surface area (TPSA) is 66.4 Å². The molecule has 0 atom stereocenters. The quantitative estimate of drug-likeness (QED) is 0.233. The highest BCUT2D eigenvalue weighted by Gasteiger charge is 2.08. The summed E-state index contributed by atoms with van der Waals surface area (Å²) in [5.74, 6) is -1.03. The van der Waals surface area contributed by atoms with E-state index < -0.39 is 5.97 Å². The first-order valence-corrected chi connectivity index (χ1v) is 12.1. The van der Waals surface area contributed by atoms with Crippen molar-refractivity contribution in [3.63, 3.8) is 0 Å². The van der Waals surface area contributed by atoms with Crippen LogP contribution in [0, 0.1) is 0 Å². The Bertz CT molecular complexity index is 888. The van der Waals surface area contributed by atoms with E-state index in [1.807, 2.05) is 6.08 Å². The zero-order chi connectivity index (χ0) is 24.7. The Hall–Kier alpha value is -3.40. The third kappa shape index (κ3) is 16.3. The first kappa shape index (κ1) is 28.6. The average Bonchev–Trinajstić information content (AvgIpc) is 2.81. The number of nitrogens with one attached hydrogen (secondary N) is 1. The molecule has 0 saturated heterocycles. The van der Waals surface area contributed by atoms with E-state index in [-0.39, 0.29) is 12.3 Å². The molecule has 0 aliphatic rings. The summed E-state index contributed by atoms with van der Waals surface area (Å²) in [6.07, 6.45) is 32.6. The fraction of sp³-hybridized carbons (Fsp3) is 0.333. The normalized spacial score (nSPS) is 12.4. The third-order valence-electron chi connectivity index (χ3n) is 4.77. The fourth-order valence-corrected chi connectivity index (χ4v) is 3.03. The van der Waals surface area contributed by atoms with Crippen LogP contribution in [0.1, 0.15) is 63.9 Å². The Morgan fingerprint density at radius 2 is 1.21 bits per heavy atom. The number of benzene rings is 1. The molecule has 0 saturated carbocycles. The summed E-state index contributed by atoms with van der Waals surface area (Å²) >= 11 is 0. The van der Waals surface area contributed by atoms with E-state index >= 15 is 0 Å². The van der Waals surface area contributed by atoms with Gasteiger partial charge in [0.1, 0.15) is 0 Å². The van der Waals surface area contributed by atoms with Crippen molar-refractivity contribution in [1.29, 1.82) is 0 Å². The molecule has 4 heteroatoms. The van der Waals surface area contributed by atoms with Crippen molar-refractivity contribution in [2.45, 2.75) is 64.7 Å². The lowest BCUT2D eigenvalue weighted by Crippen LogP contribution is -2.13. The molecule has 0 aromatic heterocycles. The summed E-state index contributed by atoms with van der Waals surface area (Å²) in [6.45, 7) is 2.14. The number of carboxylic acid groups (broad SMARTS) is 1. The zero-order valence-corrected chi connectivity index (χ0v) is 20.4. The molecule has 0 spiro atoms. The van der Waals surface area contributed by atoms with Crippen molar-refractivity contribution in [3.05, 3.63) is 103 Å². The van der Waals surface area contributed by atoms with Gasteiger partial charge in [0, 0.05) is 12.1 Å². The smallest absolute Gasteiger partial charge is 0.307 e. The maximum absolute atomic E-state index is 12.1. The Kier molecular flexibility index (Phi) is 17.0. The first-order chi connectivity index (χ1) is 16.6. The number of hydrogen-bond acceptors (Lipinski definition) is 2. The molecule has 0 aliphatic carbocycles. The number of hydrogen-bond donors (Lipinski definition) is 2. The van der Waals surface area contributed by atoms with Gasteiger partial charge in [-0.25, -0.2) is 0 Å². The lowest BCUT2D eigenvalue weighted by atomic mass is 10.1. The van der Waals surface area contributed by atoms with Gasteiger partial charge in [-0.1, -0.05) is 98.0 Å². The van der Waals surface area contributed by atoms with Gasteiger partial charge in [0.15, 0.2) is 0 Å². The van der Waals surface area contributed by atoms with Crippen LogP contribution in [0.4, 0.5) is 5.69 Å². The number of carbonyl (C=O) groups excluding carboxylic acids is 1.